The summed E-state index contributed by atoms with van der Waals surface area (Å²) in [6, 6.07) is 0. The summed E-state index contributed by atoms with van der Waals surface area (Å²) in [5.41, 5.74) is -0.373. The van der Waals surface area contributed by atoms with Crippen LogP contribution in [0.4, 0.5) is 0 Å². The van der Waals surface area contributed by atoms with Gasteiger partial charge in [0.15, 0.2) is 0 Å². The summed E-state index contributed by atoms with van der Waals surface area (Å²) < 4.78 is 0. The molecule has 0 aliphatic heterocycles. The molecule has 1 rings (SSSR count). The van der Waals surface area contributed by atoms with E-state index in [1.54, 1.807) is 0 Å². The van der Waals surface area contributed by atoms with Crippen molar-refractivity contribution in [2.24, 2.45) is 0 Å². The third kappa shape index (κ3) is 2.37. The zero-order chi connectivity index (χ0) is 10.6. The third-order valence-electron chi connectivity index (χ3n) is 1.49. The van der Waals surface area contributed by atoms with Crippen LogP contribution in [0.3, 0.4) is 0 Å². The number of hydrogen-bond donors (Lipinski definition) is 0. The maximum atomic E-state index is 10.4. The SMILES string of the molecule is O=[N+]([O-])C1=C/C=C\C=C([N+](=O)[O-])/C=C\1. The molecule has 0 bridgehead atoms. The van der Waals surface area contributed by atoms with Crippen LogP contribution in [0.2, 0.25) is 0 Å². The van der Waals surface area contributed by atoms with Crippen molar-refractivity contribution in [3.05, 3.63) is 68.1 Å². The molecule has 0 saturated heterocycles. The zero-order valence-electron chi connectivity index (χ0n) is 6.99. The van der Waals surface area contributed by atoms with Gasteiger partial charge in [-0.25, -0.2) is 0 Å². The summed E-state index contributed by atoms with van der Waals surface area (Å²) in [7, 11) is 0. The minimum atomic E-state index is -0.607. The molecule has 1 aliphatic carbocycles. The highest BCUT2D eigenvalue weighted by atomic mass is 16.6. The molecule has 0 amide bonds. The first-order valence-corrected chi connectivity index (χ1v) is 3.67. The molecule has 0 unspecified atom stereocenters. The van der Waals surface area contributed by atoms with E-state index in [9.17, 15) is 20.2 Å². The molecule has 0 aromatic heterocycles. The molecule has 0 fully saturated rings. The summed E-state index contributed by atoms with van der Waals surface area (Å²) in [4.78, 5) is 19.5. The van der Waals surface area contributed by atoms with Gasteiger partial charge < -0.3 is 0 Å². The van der Waals surface area contributed by atoms with Crippen molar-refractivity contribution in [3.63, 3.8) is 0 Å². The van der Waals surface area contributed by atoms with E-state index in [-0.39, 0.29) is 11.4 Å². The summed E-state index contributed by atoms with van der Waals surface area (Å²) in [5, 5.41) is 20.7. The van der Waals surface area contributed by atoms with Crippen molar-refractivity contribution < 1.29 is 9.85 Å². The Kier molecular flexibility index (Phi) is 2.90. The van der Waals surface area contributed by atoms with Gasteiger partial charge in [0, 0.05) is 24.3 Å². The predicted octanol–water partition coefficient (Wildman–Crippen LogP) is 1.43. The Morgan fingerprint density at radius 2 is 1.21 bits per heavy atom. The molecular weight excluding hydrogens is 188 g/mol. The van der Waals surface area contributed by atoms with E-state index in [1.165, 1.54) is 24.3 Å². The smallest absolute Gasteiger partial charge is 0.258 e. The van der Waals surface area contributed by atoms with Crippen LogP contribution in [0.15, 0.2) is 47.9 Å². The summed E-state index contributed by atoms with van der Waals surface area (Å²) in [6.07, 6.45) is 7.49. The zero-order valence-corrected chi connectivity index (χ0v) is 6.99. The Morgan fingerprint density at radius 3 is 1.50 bits per heavy atom. The maximum absolute atomic E-state index is 10.4. The number of rotatable bonds is 2. The number of hydrogen-bond acceptors (Lipinski definition) is 4. The molecule has 0 aromatic carbocycles. The van der Waals surface area contributed by atoms with Gasteiger partial charge in [-0.15, -0.1) is 0 Å². The van der Waals surface area contributed by atoms with Crippen molar-refractivity contribution in [1.82, 2.24) is 0 Å². The van der Waals surface area contributed by atoms with Gasteiger partial charge in [0.05, 0.1) is 9.85 Å². The maximum Gasteiger partial charge on any atom is 0.269 e. The van der Waals surface area contributed by atoms with Crippen molar-refractivity contribution in [2.45, 2.75) is 0 Å². The van der Waals surface area contributed by atoms with Crippen LogP contribution in [0, 0.1) is 20.2 Å². The Hall–Kier alpha value is -2.24. The molecule has 0 radical (unpaired) electrons. The molecule has 6 heteroatoms. The van der Waals surface area contributed by atoms with Crippen LogP contribution in [-0.2, 0) is 0 Å². The van der Waals surface area contributed by atoms with E-state index in [0.29, 0.717) is 0 Å². The van der Waals surface area contributed by atoms with Crippen LogP contribution < -0.4 is 0 Å². The van der Waals surface area contributed by atoms with Gasteiger partial charge in [-0.2, -0.15) is 0 Å². The Balaban J connectivity index is 2.99. The molecule has 0 atom stereocenters. The molecular formula is C8H6N2O4. The van der Waals surface area contributed by atoms with E-state index < -0.39 is 9.85 Å². The molecule has 0 heterocycles. The third-order valence-corrected chi connectivity index (χ3v) is 1.49. The second kappa shape index (κ2) is 4.13. The molecule has 14 heavy (non-hydrogen) atoms. The molecule has 0 spiro atoms. The normalized spacial score (nSPS) is 27.1. The van der Waals surface area contributed by atoms with Gasteiger partial charge in [0.25, 0.3) is 11.4 Å². The summed E-state index contributed by atoms with van der Waals surface area (Å²) in [6.45, 7) is 0. The largest absolute Gasteiger partial charge is 0.269 e. The van der Waals surface area contributed by atoms with E-state index in [2.05, 4.69) is 0 Å². The van der Waals surface area contributed by atoms with Crippen LogP contribution in [0.25, 0.3) is 0 Å². The average Bonchev–Trinajstić information content (AvgIpc) is 2.01. The molecule has 0 N–H and O–H groups in total. The monoisotopic (exact) mass is 194 g/mol. The highest BCUT2D eigenvalue weighted by molar-refractivity contribution is 5.29. The second-order valence-corrected chi connectivity index (χ2v) is 2.42. The molecule has 6 nitrogen and oxygen atoms in total. The molecule has 0 aromatic rings. The number of nitrogens with zero attached hydrogens (tertiary/aromatic N) is 2. The average molecular weight is 194 g/mol. The van der Waals surface area contributed by atoms with Gasteiger partial charge in [0.2, 0.25) is 0 Å². The van der Waals surface area contributed by atoms with E-state index in [0.717, 1.165) is 12.2 Å². The fourth-order valence-corrected chi connectivity index (χ4v) is 0.834. The van der Waals surface area contributed by atoms with Crippen molar-refractivity contribution in [3.8, 4) is 0 Å². The van der Waals surface area contributed by atoms with Gasteiger partial charge >= 0.3 is 0 Å². The lowest BCUT2D eigenvalue weighted by Crippen LogP contribution is -1.99. The summed E-state index contributed by atoms with van der Waals surface area (Å²) >= 11 is 0. The quantitative estimate of drug-likeness (QED) is 0.491. The second-order valence-electron chi connectivity index (χ2n) is 2.42. The molecule has 0 saturated carbocycles. The fourth-order valence-electron chi connectivity index (χ4n) is 0.834. The van der Waals surface area contributed by atoms with E-state index >= 15 is 0 Å². The van der Waals surface area contributed by atoms with Gasteiger partial charge in [-0.05, 0) is 0 Å². The molecule has 1 aliphatic rings. The highest BCUT2D eigenvalue weighted by Crippen LogP contribution is 2.07. The predicted molar refractivity (Wildman–Crippen MR) is 48.4 cm³/mol. The number of nitro groups is 2. The van der Waals surface area contributed by atoms with Gasteiger partial charge in [-0.1, -0.05) is 12.2 Å². The van der Waals surface area contributed by atoms with E-state index in [4.69, 9.17) is 0 Å². The van der Waals surface area contributed by atoms with Crippen molar-refractivity contribution >= 4 is 0 Å². The minimum Gasteiger partial charge on any atom is -0.258 e. The molecule has 72 valence electrons. The standard InChI is InChI=1S/C8H6N2O4/c11-9(12)7-3-1-2-4-8(6-5-7)10(13)14/h1-6H/b2-1-,3-1?,4-2?,6-5-,7-3+,7-5?,8-4+,8-6?. The van der Waals surface area contributed by atoms with E-state index in [1.807, 2.05) is 0 Å². The topological polar surface area (TPSA) is 86.3 Å². The Bertz CT molecular complexity index is 354. The van der Waals surface area contributed by atoms with Crippen LogP contribution >= 0.6 is 0 Å². The first kappa shape index (κ1) is 9.85. The first-order valence-electron chi connectivity index (χ1n) is 3.67. The first-order chi connectivity index (χ1) is 6.61. The van der Waals surface area contributed by atoms with Gasteiger partial charge in [0.1, 0.15) is 0 Å². The highest BCUT2D eigenvalue weighted by Gasteiger charge is 2.10. The summed E-state index contributed by atoms with van der Waals surface area (Å²) in [5.74, 6) is 0. The van der Waals surface area contributed by atoms with Crippen LogP contribution in [0.1, 0.15) is 0 Å². The lowest BCUT2D eigenvalue weighted by molar-refractivity contribution is -0.422. The Labute approximate surface area is 78.8 Å². The van der Waals surface area contributed by atoms with Gasteiger partial charge in [-0.3, -0.25) is 20.2 Å². The lowest BCUT2D eigenvalue weighted by Gasteiger charge is -1.92. The van der Waals surface area contributed by atoms with Crippen molar-refractivity contribution in [2.75, 3.05) is 0 Å². The fraction of sp³-hybridized carbons (Fsp3) is 0. The van der Waals surface area contributed by atoms with Crippen LogP contribution in [-0.4, -0.2) is 9.85 Å². The Morgan fingerprint density at radius 1 is 0.857 bits per heavy atom. The number of allylic oxidation sites excluding steroid dienone is 6. The van der Waals surface area contributed by atoms with Crippen LogP contribution in [0.5, 0.6) is 0 Å². The van der Waals surface area contributed by atoms with Crippen molar-refractivity contribution in [1.29, 1.82) is 0 Å². The minimum absolute atomic E-state index is 0.186. The lowest BCUT2D eigenvalue weighted by atomic mass is 10.2.